The highest BCUT2D eigenvalue weighted by molar-refractivity contribution is 6.11. The molecule has 6 aromatic carbocycles. The predicted molar refractivity (Wildman–Crippen MR) is 161 cm³/mol. The molecule has 0 fully saturated rings. The average molecular weight is 509 g/mol. The molecular weight excluding hydrogens is 478 g/mol. The van der Waals surface area contributed by atoms with E-state index < -0.39 is 36.0 Å². The maximum Gasteiger partial charge on any atom is 0.143 e. The fraction of sp³-hybridized carbons (Fsp3) is 0. The van der Waals surface area contributed by atoms with Crippen LogP contribution in [0.1, 0.15) is 9.60 Å². The molecule has 0 aliphatic carbocycles. The SMILES string of the molecule is [2H]c1c([2H])c([2H])c2c(c1[2H])c1c([2H])c([2H])c([2H])c(O)c1n2-c1cccc(-c2ccc(-c3cccc4c3oc3ccccc34)cc2)c1. The number of aromatic nitrogens is 1. The molecule has 184 valence electrons. The van der Waals surface area contributed by atoms with Crippen molar-refractivity contribution in [3.63, 3.8) is 0 Å². The minimum Gasteiger partial charge on any atom is -0.506 e. The molecule has 0 radical (unpaired) electrons. The summed E-state index contributed by atoms with van der Waals surface area (Å²) < 4.78 is 66.9. The number of phenols is 1. The lowest BCUT2D eigenvalue weighted by Crippen LogP contribution is -1.94. The molecule has 0 aliphatic rings. The molecule has 0 atom stereocenters. The highest BCUT2D eigenvalue weighted by Crippen LogP contribution is 2.38. The zero-order chi connectivity index (χ0) is 32.0. The highest BCUT2D eigenvalue weighted by atomic mass is 16.3. The van der Waals surface area contributed by atoms with E-state index in [1.807, 2.05) is 72.8 Å². The van der Waals surface area contributed by atoms with Crippen molar-refractivity contribution >= 4 is 43.7 Å². The Morgan fingerprint density at radius 2 is 1.38 bits per heavy atom. The van der Waals surface area contributed by atoms with Gasteiger partial charge in [-0.15, -0.1) is 0 Å². The molecule has 0 spiro atoms. The molecule has 8 rings (SSSR count). The van der Waals surface area contributed by atoms with Crippen LogP contribution in [0.5, 0.6) is 5.75 Å². The Hall–Kier alpha value is -5.28. The number of nitrogens with zero attached hydrogens (tertiary/aromatic N) is 1. The number of fused-ring (bicyclic) bond motifs is 6. The van der Waals surface area contributed by atoms with Crippen LogP contribution in [0, 0.1) is 0 Å². The van der Waals surface area contributed by atoms with Crippen molar-refractivity contribution in [1.29, 1.82) is 0 Å². The molecule has 39 heavy (non-hydrogen) atoms. The standard InChI is InChI=1S/C36H23NO2/c38-33-16-7-13-30-28-10-1-3-15-32(28)37(35(30)33)26-9-5-8-25(22-26)23-18-20-24(21-19-23)27-12-6-14-31-29-11-2-4-17-34(29)39-36(27)31/h1-22,38H/i1D,3D,7D,10D,13D,15D,16D. The molecule has 0 aliphatic heterocycles. The number of para-hydroxylation sites is 4. The fourth-order valence-corrected chi connectivity index (χ4v) is 5.45. The molecule has 3 heteroatoms. The molecule has 3 nitrogen and oxygen atoms in total. The van der Waals surface area contributed by atoms with E-state index in [0.717, 1.165) is 44.2 Å². The van der Waals surface area contributed by atoms with Crippen LogP contribution in [0.2, 0.25) is 0 Å². The summed E-state index contributed by atoms with van der Waals surface area (Å²) in [6.45, 7) is 0. The minimum absolute atomic E-state index is 0.00461. The van der Waals surface area contributed by atoms with Crippen molar-refractivity contribution in [2.75, 3.05) is 0 Å². The average Bonchev–Trinajstić information content (AvgIpc) is 3.65. The monoisotopic (exact) mass is 508 g/mol. The van der Waals surface area contributed by atoms with Crippen LogP contribution in [0.4, 0.5) is 0 Å². The van der Waals surface area contributed by atoms with Gasteiger partial charge in [0.15, 0.2) is 0 Å². The Kier molecular flexibility index (Phi) is 3.40. The number of aromatic hydroxyl groups is 1. The Balaban J connectivity index is 1.31. The number of hydrogen-bond acceptors (Lipinski definition) is 2. The second-order valence-electron chi connectivity index (χ2n) is 9.41. The largest absolute Gasteiger partial charge is 0.506 e. The van der Waals surface area contributed by atoms with Gasteiger partial charge in [0.25, 0.3) is 0 Å². The summed E-state index contributed by atoms with van der Waals surface area (Å²) >= 11 is 0. The fourth-order valence-electron chi connectivity index (χ4n) is 5.45. The van der Waals surface area contributed by atoms with Gasteiger partial charge >= 0.3 is 0 Å². The first-order chi connectivity index (χ1) is 22.2. The van der Waals surface area contributed by atoms with Gasteiger partial charge in [-0.05, 0) is 47.0 Å². The van der Waals surface area contributed by atoms with Crippen LogP contribution in [-0.2, 0) is 0 Å². The zero-order valence-corrected chi connectivity index (χ0v) is 20.5. The molecule has 2 aromatic heterocycles. The van der Waals surface area contributed by atoms with E-state index in [9.17, 15) is 5.11 Å². The van der Waals surface area contributed by atoms with E-state index in [2.05, 4.69) is 6.07 Å². The third kappa shape index (κ3) is 3.30. The van der Waals surface area contributed by atoms with Crippen molar-refractivity contribution in [1.82, 2.24) is 4.57 Å². The number of rotatable bonds is 3. The van der Waals surface area contributed by atoms with E-state index in [1.54, 1.807) is 12.1 Å². The number of phenolic OH excluding ortho intramolecular Hbond substituents is 1. The van der Waals surface area contributed by atoms with Gasteiger partial charge in [0.1, 0.15) is 16.9 Å². The second kappa shape index (κ2) is 8.37. The number of hydrogen-bond donors (Lipinski definition) is 1. The van der Waals surface area contributed by atoms with Crippen molar-refractivity contribution in [2.24, 2.45) is 0 Å². The summed E-state index contributed by atoms with van der Waals surface area (Å²) in [5.41, 5.74) is 5.77. The van der Waals surface area contributed by atoms with Crippen LogP contribution in [-0.4, -0.2) is 9.67 Å². The van der Waals surface area contributed by atoms with Gasteiger partial charge in [0.2, 0.25) is 0 Å². The van der Waals surface area contributed by atoms with Gasteiger partial charge in [0, 0.05) is 32.8 Å². The summed E-state index contributed by atoms with van der Waals surface area (Å²) in [6, 6.07) is 26.2. The lowest BCUT2D eigenvalue weighted by molar-refractivity contribution is 0.480. The van der Waals surface area contributed by atoms with Gasteiger partial charge in [0.05, 0.1) is 20.6 Å². The molecule has 8 aromatic rings. The maximum absolute atomic E-state index is 11.1. The van der Waals surface area contributed by atoms with E-state index in [-0.39, 0.29) is 33.9 Å². The molecule has 0 bridgehead atoms. The maximum atomic E-state index is 11.1. The smallest absolute Gasteiger partial charge is 0.143 e. The van der Waals surface area contributed by atoms with E-state index in [0.29, 0.717) is 5.69 Å². The van der Waals surface area contributed by atoms with Gasteiger partial charge < -0.3 is 14.1 Å². The highest BCUT2D eigenvalue weighted by Gasteiger charge is 2.16. The van der Waals surface area contributed by atoms with Gasteiger partial charge in [-0.25, -0.2) is 0 Å². The van der Waals surface area contributed by atoms with Gasteiger partial charge in [-0.2, -0.15) is 0 Å². The summed E-state index contributed by atoms with van der Waals surface area (Å²) in [7, 11) is 0. The van der Waals surface area contributed by atoms with Crippen LogP contribution >= 0.6 is 0 Å². The normalized spacial score (nSPS) is 14.2. The summed E-state index contributed by atoms with van der Waals surface area (Å²) in [5, 5.41) is 13.3. The Labute approximate surface area is 234 Å². The third-order valence-electron chi connectivity index (χ3n) is 7.23. The summed E-state index contributed by atoms with van der Waals surface area (Å²) in [6.07, 6.45) is 0. The van der Waals surface area contributed by atoms with Crippen LogP contribution in [0.25, 0.3) is 71.7 Å². The van der Waals surface area contributed by atoms with Crippen LogP contribution in [0.3, 0.4) is 0 Å². The van der Waals surface area contributed by atoms with Crippen molar-refractivity contribution in [3.8, 4) is 33.7 Å². The van der Waals surface area contributed by atoms with Crippen LogP contribution < -0.4 is 0 Å². The van der Waals surface area contributed by atoms with E-state index in [1.165, 1.54) is 4.57 Å². The first-order valence-corrected chi connectivity index (χ1v) is 12.5. The molecule has 0 unspecified atom stereocenters. The lowest BCUT2D eigenvalue weighted by Gasteiger charge is -2.11. The summed E-state index contributed by atoms with van der Waals surface area (Å²) in [4.78, 5) is 0. The summed E-state index contributed by atoms with van der Waals surface area (Å²) in [5.74, 6) is -0.571. The second-order valence-corrected chi connectivity index (χ2v) is 9.41. The number of benzene rings is 6. The Bertz CT molecular complexity index is 2490. The Morgan fingerprint density at radius 3 is 2.31 bits per heavy atom. The van der Waals surface area contributed by atoms with E-state index >= 15 is 0 Å². The number of furan rings is 1. The van der Waals surface area contributed by atoms with Crippen molar-refractivity contribution < 1.29 is 19.1 Å². The Morgan fingerprint density at radius 1 is 0.615 bits per heavy atom. The molecule has 1 N–H and O–H groups in total. The predicted octanol–water partition coefficient (Wildman–Crippen LogP) is 9.72. The molecule has 0 saturated heterocycles. The van der Waals surface area contributed by atoms with Crippen LogP contribution in [0.15, 0.2) is 138 Å². The molecule has 2 heterocycles. The molecule has 0 saturated carbocycles. The van der Waals surface area contributed by atoms with Crippen molar-refractivity contribution in [3.05, 3.63) is 133 Å². The van der Waals surface area contributed by atoms with Gasteiger partial charge in [-0.1, -0.05) is 103 Å². The first-order valence-electron chi connectivity index (χ1n) is 16.0. The molecular formula is C36H23NO2. The quantitative estimate of drug-likeness (QED) is 0.258. The van der Waals surface area contributed by atoms with E-state index in [4.69, 9.17) is 14.0 Å². The minimum atomic E-state index is -0.571. The zero-order valence-electron chi connectivity index (χ0n) is 27.5. The topological polar surface area (TPSA) is 38.3 Å². The lowest BCUT2D eigenvalue weighted by atomic mass is 9.98. The third-order valence-corrected chi connectivity index (χ3v) is 7.23. The molecule has 0 amide bonds. The van der Waals surface area contributed by atoms with Gasteiger partial charge in [-0.3, -0.25) is 0 Å². The first kappa shape index (κ1) is 15.9. The van der Waals surface area contributed by atoms with Crippen molar-refractivity contribution in [2.45, 2.75) is 0 Å².